The van der Waals surface area contributed by atoms with Gasteiger partial charge in [0.2, 0.25) is 0 Å². The Hall–Kier alpha value is -4.22. The Morgan fingerprint density at radius 2 is 1.55 bits per heavy atom. The van der Waals surface area contributed by atoms with Crippen LogP contribution in [0.1, 0.15) is 25.3 Å². The summed E-state index contributed by atoms with van der Waals surface area (Å²) in [6.45, 7) is 9.21. The van der Waals surface area contributed by atoms with E-state index < -0.39 is 8.07 Å². The van der Waals surface area contributed by atoms with Crippen molar-refractivity contribution in [2.45, 2.75) is 32.9 Å². The van der Waals surface area contributed by atoms with Gasteiger partial charge in [-0.3, -0.25) is 9.55 Å². The molecule has 38 heavy (non-hydrogen) atoms. The van der Waals surface area contributed by atoms with Gasteiger partial charge in [0.1, 0.15) is 19.5 Å². The Labute approximate surface area is 224 Å². The first-order valence-corrected chi connectivity index (χ1v) is 16.1. The van der Waals surface area contributed by atoms with Crippen LogP contribution in [0.25, 0.3) is 38.9 Å². The van der Waals surface area contributed by atoms with Gasteiger partial charge in [-0.05, 0) is 60.0 Å². The maximum atomic E-state index is 10.8. The molecule has 6 aromatic rings. The van der Waals surface area contributed by atoms with E-state index in [0.29, 0.717) is 5.92 Å². The molecular weight excluding hydrogens is 482 g/mol. The molecule has 3 aromatic heterocycles. The van der Waals surface area contributed by atoms with Crippen LogP contribution in [0.3, 0.4) is 0 Å². The lowest BCUT2D eigenvalue weighted by molar-refractivity contribution is 0.473. The molecule has 188 valence electrons. The average Bonchev–Trinajstić information content (AvgIpc) is 3.27. The zero-order valence-corrected chi connectivity index (χ0v) is 23.2. The molecule has 4 nitrogen and oxygen atoms in total. The molecule has 3 aromatic carbocycles. The summed E-state index contributed by atoms with van der Waals surface area (Å²) in [5, 5.41) is 15.5. The standard InChI is InChI=1S/C33H31N3OSi/c1-22(2)23-19-24(21-25(20-23)38(3,4)32-15-9-10-18-34-32)28-17-16-27-26-11-5-6-12-29(26)36(33(27)35-28)30-13-7-8-14-31(30)37/h5-22,37H,1-4H3. The van der Waals surface area contributed by atoms with Crippen LogP contribution in [-0.2, 0) is 0 Å². The molecule has 0 fully saturated rings. The maximum absolute atomic E-state index is 10.8. The van der Waals surface area contributed by atoms with E-state index in [1.165, 1.54) is 16.1 Å². The Balaban J connectivity index is 1.60. The van der Waals surface area contributed by atoms with Crippen molar-refractivity contribution in [1.82, 2.24) is 14.5 Å². The summed E-state index contributed by atoms with van der Waals surface area (Å²) in [6.07, 6.45) is 1.89. The van der Waals surface area contributed by atoms with Gasteiger partial charge in [-0.1, -0.05) is 80.7 Å². The number of nitrogens with zero attached hydrogens (tertiary/aromatic N) is 3. The second kappa shape index (κ2) is 9.26. The molecule has 0 aliphatic rings. The quantitative estimate of drug-likeness (QED) is 0.255. The molecule has 0 unspecified atom stereocenters. The second-order valence-electron chi connectivity index (χ2n) is 10.7. The number of benzene rings is 3. The number of hydrogen-bond donors (Lipinski definition) is 1. The Morgan fingerprint density at radius 1 is 0.789 bits per heavy atom. The van der Waals surface area contributed by atoms with Crippen molar-refractivity contribution in [3.05, 3.63) is 109 Å². The Morgan fingerprint density at radius 3 is 2.32 bits per heavy atom. The maximum Gasteiger partial charge on any atom is 0.146 e. The van der Waals surface area contributed by atoms with Gasteiger partial charge in [-0.2, -0.15) is 0 Å². The molecule has 1 N–H and O–H groups in total. The first-order chi connectivity index (χ1) is 18.3. The zero-order valence-electron chi connectivity index (χ0n) is 22.2. The van der Waals surface area contributed by atoms with Crippen molar-refractivity contribution in [1.29, 1.82) is 0 Å². The van der Waals surface area contributed by atoms with Crippen molar-refractivity contribution in [3.8, 4) is 22.7 Å². The van der Waals surface area contributed by atoms with Crippen molar-refractivity contribution in [3.63, 3.8) is 0 Å². The number of fused-ring (bicyclic) bond motifs is 3. The van der Waals surface area contributed by atoms with Crippen molar-refractivity contribution in [2.75, 3.05) is 0 Å². The highest BCUT2D eigenvalue weighted by molar-refractivity contribution is 7.00. The van der Waals surface area contributed by atoms with Gasteiger partial charge in [0, 0.05) is 27.8 Å². The third-order valence-corrected chi connectivity index (χ3v) is 10.9. The highest BCUT2D eigenvalue weighted by Crippen LogP contribution is 2.35. The predicted octanol–water partition coefficient (Wildman–Crippen LogP) is 6.89. The molecule has 0 atom stereocenters. The number of phenolic OH excluding ortho intramolecular Hbond substituents is 1. The third-order valence-electron chi connectivity index (χ3n) is 7.59. The van der Waals surface area contributed by atoms with Gasteiger partial charge in [0.15, 0.2) is 0 Å². The summed E-state index contributed by atoms with van der Waals surface area (Å²) >= 11 is 0. The van der Waals surface area contributed by atoms with Crippen LogP contribution in [0.5, 0.6) is 5.75 Å². The second-order valence-corrected chi connectivity index (χ2v) is 15.1. The van der Waals surface area contributed by atoms with Crippen molar-refractivity contribution >= 4 is 40.5 Å². The minimum Gasteiger partial charge on any atom is -0.506 e. The molecule has 0 aliphatic carbocycles. The van der Waals surface area contributed by atoms with E-state index in [9.17, 15) is 5.11 Å². The minimum absolute atomic E-state index is 0.231. The van der Waals surface area contributed by atoms with Gasteiger partial charge in [-0.25, -0.2) is 4.98 Å². The molecular formula is C33H31N3OSi. The van der Waals surface area contributed by atoms with Gasteiger partial charge in [0.05, 0.1) is 16.9 Å². The van der Waals surface area contributed by atoms with Gasteiger partial charge < -0.3 is 5.11 Å². The van der Waals surface area contributed by atoms with E-state index in [1.54, 1.807) is 6.07 Å². The molecule has 0 saturated heterocycles. The van der Waals surface area contributed by atoms with Crippen LogP contribution in [-0.4, -0.2) is 27.7 Å². The highest BCUT2D eigenvalue weighted by Gasteiger charge is 2.29. The SMILES string of the molecule is CC(C)c1cc(-c2ccc3c4ccccc4n(-c4ccccc4O)c3n2)cc([Si](C)(C)c2ccccn2)c1. The number of hydrogen-bond acceptors (Lipinski definition) is 3. The molecule has 0 saturated carbocycles. The normalized spacial score (nSPS) is 12.0. The summed E-state index contributed by atoms with van der Waals surface area (Å²) in [5.74, 6) is 0.619. The highest BCUT2D eigenvalue weighted by atomic mass is 28.3. The monoisotopic (exact) mass is 513 g/mol. The fourth-order valence-corrected chi connectivity index (χ4v) is 7.52. The van der Waals surface area contributed by atoms with E-state index in [4.69, 9.17) is 9.97 Å². The molecule has 5 heteroatoms. The number of rotatable bonds is 5. The lowest BCUT2D eigenvalue weighted by Gasteiger charge is -2.24. The first kappa shape index (κ1) is 24.1. The molecule has 0 radical (unpaired) electrons. The van der Waals surface area contributed by atoms with E-state index in [1.807, 2.05) is 42.6 Å². The van der Waals surface area contributed by atoms with E-state index >= 15 is 0 Å². The van der Waals surface area contributed by atoms with Crippen LogP contribution in [0.2, 0.25) is 13.1 Å². The van der Waals surface area contributed by atoms with Crippen molar-refractivity contribution in [2.24, 2.45) is 0 Å². The minimum atomic E-state index is -2.03. The lowest BCUT2D eigenvalue weighted by Crippen LogP contribution is -2.54. The molecule has 0 spiro atoms. The topological polar surface area (TPSA) is 50.9 Å². The number of para-hydroxylation sites is 3. The summed E-state index contributed by atoms with van der Waals surface area (Å²) in [5.41, 5.74) is 5.92. The lowest BCUT2D eigenvalue weighted by atomic mass is 9.99. The zero-order chi connectivity index (χ0) is 26.4. The third kappa shape index (κ3) is 4.00. The first-order valence-electron chi connectivity index (χ1n) is 13.1. The molecule has 3 heterocycles. The number of aromatic nitrogens is 3. The Bertz CT molecular complexity index is 1790. The molecule has 0 amide bonds. The van der Waals surface area contributed by atoms with Crippen molar-refractivity contribution < 1.29 is 5.11 Å². The van der Waals surface area contributed by atoms with Crippen LogP contribution in [0, 0.1) is 0 Å². The van der Waals surface area contributed by atoms with E-state index in [2.05, 4.69) is 86.1 Å². The predicted molar refractivity (Wildman–Crippen MR) is 161 cm³/mol. The fourth-order valence-electron chi connectivity index (χ4n) is 5.27. The van der Waals surface area contributed by atoms with Crippen LogP contribution < -0.4 is 10.5 Å². The summed E-state index contributed by atoms with van der Waals surface area (Å²) in [7, 11) is -2.03. The number of pyridine rings is 2. The summed E-state index contributed by atoms with van der Waals surface area (Å²) < 4.78 is 2.07. The Kier molecular flexibility index (Phi) is 5.88. The fraction of sp³-hybridized carbons (Fsp3) is 0.152. The van der Waals surface area contributed by atoms with Crippen LogP contribution in [0.4, 0.5) is 0 Å². The van der Waals surface area contributed by atoms with Gasteiger partial charge in [-0.15, -0.1) is 0 Å². The smallest absolute Gasteiger partial charge is 0.146 e. The molecule has 0 bridgehead atoms. The molecule has 6 rings (SSSR count). The van der Waals surface area contributed by atoms with E-state index in [-0.39, 0.29) is 5.75 Å². The largest absolute Gasteiger partial charge is 0.506 e. The van der Waals surface area contributed by atoms with Gasteiger partial charge >= 0.3 is 0 Å². The van der Waals surface area contributed by atoms with Crippen LogP contribution >= 0.6 is 0 Å². The number of aromatic hydroxyl groups is 1. The summed E-state index contributed by atoms with van der Waals surface area (Å²) in [6, 6.07) is 33.2. The molecule has 0 aliphatic heterocycles. The summed E-state index contributed by atoms with van der Waals surface area (Å²) in [4.78, 5) is 9.99. The van der Waals surface area contributed by atoms with E-state index in [0.717, 1.165) is 38.9 Å². The van der Waals surface area contributed by atoms with Crippen LogP contribution in [0.15, 0.2) is 103 Å². The number of phenols is 1. The van der Waals surface area contributed by atoms with Gasteiger partial charge in [0.25, 0.3) is 0 Å². The average molecular weight is 514 g/mol.